The molecule has 0 bridgehead atoms. The first-order valence-corrected chi connectivity index (χ1v) is 7.27. The molecule has 0 atom stereocenters. The molecule has 4 nitrogen and oxygen atoms in total. The molecule has 3 rings (SSSR count). The summed E-state index contributed by atoms with van der Waals surface area (Å²) in [6.45, 7) is 6.60. The number of para-hydroxylation sites is 2. The third kappa shape index (κ3) is 3.17. The summed E-state index contributed by atoms with van der Waals surface area (Å²) in [5, 5.41) is 4.17. The second kappa shape index (κ2) is 5.64. The topological polar surface area (TPSA) is 50.4 Å². The van der Waals surface area contributed by atoms with Crippen molar-refractivity contribution >= 4 is 23.3 Å². The molecule has 0 aliphatic rings. The van der Waals surface area contributed by atoms with Crippen LogP contribution in [0.3, 0.4) is 0 Å². The van der Waals surface area contributed by atoms with E-state index in [9.17, 15) is 0 Å². The number of anilines is 1. The first-order valence-electron chi connectivity index (χ1n) is 7.27. The maximum atomic E-state index is 5.53. The van der Waals surface area contributed by atoms with Crippen molar-refractivity contribution in [2.45, 2.75) is 26.2 Å². The van der Waals surface area contributed by atoms with E-state index < -0.39 is 0 Å². The highest BCUT2D eigenvalue weighted by atomic mass is 16.4. The predicted molar refractivity (Wildman–Crippen MR) is 90.4 cm³/mol. The Labute approximate surface area is 129 Å². The minimum Gasteiger partial charge on any atom is -0.422 e. The van der Waals surface area contributed by atoms with Gasteiger partial charge in [0.25, 0.3) is 0 Å². The van der Waals surface area contributed by atoms with E-state index in [2.05, 4.69) is 60.5 Å². The van der Waals surface area contributed by atoms with E-state index in [1.807, 2.05) is 24.3 Å². The van der Waals surface area contributed by atoms with Crippen molar-refractivity contribution in [3.05, 3.63) is 59.7 Å². The maximum Gasteiger partial charge on any atom is 0.316 e. The molecule has 0 radical (unpaired) electrons. The summed E-state index contributed by atoms with van der Waals surface area (Å²) in [7, 11) is 0. The number of nitrogens with one attached hydrogen (secondary N) is 1. The molecule has 0 amide bonds. The molecule has 0 saturated heterocycles. The summed E-state index contributed by atoms with van der Waals surface area (Å²) in [6, 6.07) is 16.4. The summed E-state index contributed by atoms with van der Waals surface area (Å²) in [4.78, 5) is 4.30. The Balaban J connectivity index is 1.69. The Morgan fingerprint density at radius 3 is 2.45 bits per heavy atom. The van der Waals surface area contributed by atoms with E-state index in [4.69, 9.17) is 4.42 Å². The van der Waals surface area contributed by atoms with Crippen LogP contribution in [0.25, 0.3) is 11.1 Å². The highest BCUT2D eigenvalue weighted by molar-refractivity contribution is 5.80. The van der Waals surface area contributed by atoms with Crippen LogP contribution in [-0.2, 0) is 5.41 Å². The fourth-order valence-electron chi connectivity index (χ4n) is 2.15. The van der Waals surface area contributed by atoms with E-state index >= 15 is 0 Å². The van der Waals surface area contributed by atoms with E-state index in [1.165, 1.54) is 5.56 Å². The van der Waals surface area contributed by atoms with Crippen LogP contribution in [0.4, 0.5) is 6.01 Å². The Bertz CT molecular complexity index is 762. The zero-order chi connectivity index (χ0) is 15.6. The van der Waals surface area contributed by atoms with Crippen LogP contribution in [0.5, 0.6) is 0 Å². The predicted octanol–water partition coefficient (Wildman–Crippen LogP) is 4.57. The standard InChI is InChI=1S/C18H19N3O/c1-18(2,3)14-10-8-13(9-11-14)12-19-21-17-20-15-6-4-5-7-16(15)22-17/h4-12H,1-3H3,(H,20,21)/b19-12-. The van der Waals surface area contributed by atoms with E-state index in [0.29, 0.717) is 6.01 Å². The quantitative estimate of drug-likeness (QED) is 0.568. The first-order chi connectivity index (χ1) is 10.5. The van der Waals surface area contributed by atoms with E-state index in [-0.39, 0.29) is 5.41 Å². The molecule has 0 aliphatic heterocycles. The molecule has 0 unspecified atom stereocenters. The number of aromatic nitrogens is 1. The summed E-state index contributed by atoms with van der Waals surface area (Å²) in [5.41, 5.74) is 6.86. The Hall–Kier alpha value is -2.62. The van der Waals surface area contributed by atoms with Crippen LogP contribution < -0.4 is 5.43 Å². The van der Waals surface area contributed by atoms with Gasteiger partial charge in [-0.15, -0.1) is 0 Å². The van der Waals surface area contributed by atoms with Crippen molar-refractivity contribution in [2.24, 2.45) is 5.10 Å². The van der Waals surface area contributed by atoms with Crippen molar-refractivity contribution in [2.75, 3.05) is 5.43 Å². The fourth-order valence-corrected chi connectivity index (χ4v) is 2.15. The summed E-state index contributed by atoms with van der Waals surface area (Å²) in [6.07, 6.45) is 1.75. The number of hydrazone groups is 1. The number of nitrogens with zero attached hydrogens (tertiary/aromatic N) is 2. The van der Waals surface area contributed by atoms with Crippen LogP contribution in [0, 0.1) is 0 Å². The lowest BCUT2D eigenvalue weighted by Gasteiger charge is -2.18. The molecule has 0 fully saturated rings. The van der Waals surface area contributed by atoms with Gasteiger partial charge in [0.15, 0.2) is 5.58 Å². The average molecular weight is 293 g/mol. The second-order valence-corrected chi connectivity index (χ2v) is 6.23. The zero-order valence-electron chi connectivity index (χ0n) is 13.0. The van der Waals surface area contributed by atoms with Gasteiger partial charge in [-0.1, -0.05) is 57.2 Å². The molecule has 22 heavy (non-hydrogen) atoms. The molecule has 0 saturated carbocycles. The van der Waals surface area contributed by atoms with Crippen molar-refractivity contribution in [1.29, 1.82) is 0 Å². The number of fused-ring (bicyclic) bond motifs is 1. The van der Waals surface area contributed by atoms with Gasteiger partial charge in [-0.25, -0.2) is 5.43 Å². The molecular formula is C18H19N3O. The first kappa shape index (κ1) is 14.3. The zero-order valence-corrected chi connectivity index (χ0v) is 13.0. The van der Waals surface area contributed by atoms with Crippen LogP contribution in [0.2, 0.25) is 0 Å². The number of hydrogen-bond donors (Lipinski definition) is 1. The van der Waals surface area contributed by atoms with Crippen molar-refractivity contribution < 1.29 is 4.42 Å². The minimum absolute atomic E-state index is 0.159. The number of hydrogen-bond acceptors (Lipinski definition) is 4. The lowest BCUT2D eigenvalue weighted by atomic mass is 9.87. The largest absolute Gasteiger partial charge is 0.422 e. The molecule has 1 aromatic heterocycles. The Morgan fingerprint density at radius 2 is 1.77 bits per heavy atom. The van der Waals surface area contributed by atoms with Gasteiger partial charge in [0.1, 0.15) is 5.52 Å². The molecule has 0 spiro atoms. The minimum atomic E-state index is 0.159. The molecular weight excluding hydrogens is 274 g/mol. The molecule has 1 heterocycles. The third-order valence-electron chi connectivity index (χ3n) is 3.44. The molecule has 0 aliphatic carbocycles. The summed E-state index contributed by atoms with van der Waals surface area (Å²) in [5.74, 6) is 0. The number of oxazole rings is 1. The summed E-state index contributed by atoms with van der Waals surface area (Å²) >= 11 is 0. The molecule has 1 N–H and O–H groups in total. The normalized spacial score (nSPS) is 12.1. The van der Waals surface area contributed by atoms with Crippen LogP contribution in [-0.4, -0.2) is 11.2 Å². The second-order valence-electron chi connectivity index (χ2n) is 6.23. The molecule has 4 heteroatoms. The monoisotopic (exact) mass is 293 g/mol. The van der Waals surface area contributed by atoms with Gasteiger partial charge >= 0.3 is 6.01 Å². The Kier molecular flexibility index (Phi) is 3.67. The van der Waals surface area contributed by atoms with Gasteiger partial charge in [-0.3, -0.25) is 0 Å². The van der Waals surface area contributed by atoms with Gasteiger partial charge in [0.2, 0.25) is 0 Å². The summed E-state index contributed by atoms with van der Waals surface area (Å²) < 4.78 is 5.53. The van der Waals surface area contributed by atoms with Gasteiger partial charge < -0.3 is 4.42 Å². The third-order valence-corrected chi connectivity index (χ3v) is 3.44. The maximum absolute atomic E-state index is 5.53. The van der Waals surface area contributed by atoms with Crippen LogP contribution in [0.1, 0.15) is 31.9 Å². The van der Waals surface area contributed by atoms with Crippen molar-refractivity contribution in [3.8, 4) is 0 Å². The van der Waals surface area contributed by atoms with Gasteiger partial charge in [0, 0.05) is 0 Å². The smallest absolute Gasteiger partial charge is 0.316 e. The number of rotatable bonds is 3. The van der Waals surface area contributed by atoms with Crippen molar-refractivity contribution in [3.63, 3.8) is 0 Å². The Morgan fingerprint density at radius 1 is 1.05 bits per heavy atom. The lowest BCUT2D eigenvalue weighted by Crippen LogP contribution is -2.10. The van der Waals surface area contributed by atoms with Crippen LogP contribution in [0.15, 0.2) is 58.0 Å². The fraction of sp³-hybridized carbons (Fsp3) is 0.222. The lowest BCUT2D eigenvalue weighted by molar-refractivity contribution is 0.590. The number of benzene rings is 2. The van der Waals surface area contributed by atoms with Crippen LogP contribution >= 0.6 is 0 Å². The SMILES string of the molecule is CC(C)(C)c1ccc(/C=N\Nc2nc3ccccc3o2)cc1. The highest BCUT2D eigenvalue weighted by Crippen LogP contribution is 2.22. The van der Waals surface area contributed by atoms with Gasteiger partial charge in [-0.05, 0) is 28.7 Å². The van der Waals surface area contributed by atoms with Gasteiger partial charge in [-0.2, -0.15) is 10.1 Å². The van der Waals surface area contributed by atoms with Crippen molar-refractivity contribution in [1.82, 2.24) is 4.98 Å². The van der Waals surface area contributed by atoms with Gasteiger partial charge in [0.05, 0.1) is 6.21 Å². The molecule has 2 aromatic carbocycles. The highest BCUT2D eigenvalue weighted by Gasteiger charge is 2.12. The average Bonchev–Trinajstić information content (AvgIpc) is 2.89. The molecule has 112 valence electrons. The molecule has 3 aromatic rings. The van der Waals surface area contributed by atoms with E-state index in [0.717, 1.165) is 16.7 Å². The van der Waals surface area contributed by atoms with E-state index in [1.54, 1.807) is 6.21 Å².